The number of nitrogens with zero attached hydrogens (tertiary/aromatic N) is 1. The Kier molecular flexibility index (Phi) is 4.66. The molecule has 150 valence electrons. The molecule has 0 aromatic heterocycles. The van der Waals surface area contributed by atoms with Crippen LogP contribution in [0.25, 0.3) is 11.1 Å². The highest BCUT2D eigenvalue weighted by Crippen LogP contribution is 2.52. The van der Waals surface area contributed by atoms with Crippen molar-refractivity contribution in [3.8, 4) is 16.9 Å². The van der Waals surface area contributed by atoms with Crippen LogP contribution in [0, 0.1) is 5.41 Å². The molecule has 5 heteroatoms. The van der Waals surface area contributed by atoms with Crippen LogP contribution in [0.4, 0.5) is 5.69 Å². The van der Waals surface area contributed by atoms with Gasteiger partial charge in [-0.05, 0) is 46.9 Å². The lowest BCUT2D eigenvalue weighted by atomic mass is 9.77. The molecule has 0 saturated carbocycles. The zero-order valence-corrected chi connectivity index (χ0v) is 17.9. The average Bonchev–Trinajstić information content (AvgIpc) is 2.72. The van der Waals surface area contributed by atoms with E-state index >= 15 is 0 Å². The third-order valence-corrected chi connectivity index (χ3v) is 7.15. The molecule has 0 radical (unpaired) electrons. The number of para-hydroxylation sites is 1. The Balaban J connectivity index is 1.99. The van der Waals surface area contributed by atoms with Crippen molar-refractivity contribution in [1.82, 2.24) is 0 Å². The first kappa shape index (κ1) is 19.5. The van der Waals surface area contributed by atoms with Gasteiger partial charge in [0.1, 0.15) is 5.75 Å². The first-order valence-corrected chi connectivity index (χ1v) is 11.1. The van der Waals surface area contributed by atoms with Crippen LogP contribution in [0.2, 0.25) is 0 Å². The Morgan fingerprint density at radius 1 is 0.828 bits per heavy atom. The number of anilines is 1. The molecule has 4 nitrogen and oxygen atoms in total. The summed E-state index contributed by atoms with van der Waals surface area (Å²) < 4.78 is 34.6. The van der Waals surface area contributed by atoms with Gasteiger partial charge >= 0.3 is 0 Å². The van der Waals surface area contributed by atoms with Crippen LogP contribution < -0.4 is 9.04 Å². The highest BCUT2D eigenvalue weighted by molar-refractivity contribution is 7.92. The van der Waals surface area contributed by atoms with Crippen molar-refractivity contribution in [3.63, 3.8) is 0 Å². The van der Waals surface area contributed by atoms with Gasteiger partial charge in [0.25, 0.3) is 10.0 Å². The number of methoxy groups -OCH3 is 1. The minimum Gasteiger partial charge on any atom is -0.497 e. The van der Waals surface area contributed by atoms with Gasteiger partial charge < -0.3 is 4.74 Å². The van der Waals surface area contributed by atoms with Gasteiger partial charge in [-0.1, -0.05) is 63.2 Å². The third kappa shape index (κ3) is 3.19. The van der Waals surface area contributed by atoms with Crippen molar-refractivity contribution in [1.29, 1.82) is 0 Å². The van der Waals surface area contributed by atoms with E-state index in [2.05, 4.69) is 26.8 Å². The molecule has 0 amide bonds. The monoisotopic (exact) mass is 407 g/mol. The first-order chi connectivity index (χ1) is 13.7. The molecule has 0 spiro atoms. The third-order valence-electron chi connectivity index (χ3n) is 5.36. The average molecular weight is 408 g/mol. The summed E-state index contributed by atoms with van der Waals surface area (Å²) in [6, 6.07) is 22.1. The summed E-state index contributed by atoms with van der Waals surface area (Å²) in [5.41, 5.74) is 3.44. The van der Waals surface area contributed by atoms with Gasteiger partial charge in [0.2, 0.25) is 0 Å². The molecule has 29 heavy (non-hydrogen) atoms. The molecule has 0 bridgehead atoms. The lowest BCUT2D eigenvalue weighted by molar-refractivity contribution is 0.327. The van der Waals surface area contributed by atoms with Crippen molar-refractivity contribution in [2.45, 2.75) is 31.7 Å². The summed E-state index contributed by atoms with van der Waals surface area (Å²) in [6.45, 7) is 6.25. The molecule has 0 saturated heterocycles. The van der Waals surface area contributed by atoms with E-state index in [1.54, 1.807) is 35.7 Å². The van der Waals surface area contributed by atoms with E-state index in [4.69, 9.17) is 4.74 Å². The number of hydrogen-bond donors (Lipinski definition) is 0. The van der Waals surface area contributed by atoms with Crippen molar-refractivity contribution < 1.29 is 13.2 Å². The maximum atomic E-state index is 13.9. The van der Waals surface area contributed by atoms with E-state index in [-0.39, 0.29) is 16.4 Å². The molecule has 0 fully saturated rings. The van der Waals surface area contributed by atoms with Gasteiger partial charge in [0.15, 0.2) is 0 Å². The molecule has 4 rings (SSSR count). The van der Waals surface area contributed by atoms with Crippen LogP contribution >= 0.6 is 0 Å². The standard InChI is InChI=1S/C24H25NO3S/c1-24(2,3)23-21-11-6-5-9-19(21)20-10-7-8-12-22(20)25(23)29(26,27)18-15-13-17(28-4)14-16-18/h5-16,23H,1-4H3/t23-/m1/s1. The zero-order chi connectivity index (χ0) is 20.8. The van der Waals surface area contributed by atoms with E-state index in [0.717, 1.165) is 16.7 Å². The van der Waals surface area contributed by atoms with Gasteiger partial charge in [0.05, 0.1) is 23.7 Å². The Labute approximate surface area is 172 Å². The van der Waals surface area contributed by atoms with Crippen molar-refractivity contribution in [2.75, 3.05) is 11.4 Å². The van der Waals surface area contributed by atoms with Gasteiger partial charge in [-0.3, -0.25) is 4.31 Å². The Morgan fingerprint density at radius 3 is 2.03 bits per heavy atom. The second kappa shape index (κ2) is 6.92. The van der Waals surface area contributed by atoms with E-state index in [1.165, 1.54) is 0 Å². The van der Waals surface area contributed by atoms with Crippen LogP contribution in [0.3, 0.4) is 0 Å². The van der Waals surface area contributed by atoms with Gasteiger partial charge in [-0.2, -0.15) is 0 Å². The molecule has 1 aliphatic rings. The molecule has 3 aromatic carbocycles. The SMILES string of the molecule is COc1ccc(S(=O)(=O)N2c3ccccc3-c3ccccc3[C@@H]2C(C)(C)C)cc1. The fourth-order valence-electron chi connectivity index (χ4n) is 4.09. The summed E-state index contributed by atoms with van der Waals surface area (Å²) in [4.78, 5) is 0.252. The summed E-state index contributed by atoms with van der Waals surface area (Å²) in [5.74, 6) is 0.626. The van der Waals surface area contributed by atoms with E-state index < -0.39 is 10.0 Å². The lowest BCUT2D eigenvalue weighted by Crippen LogP contribution is -2.43. The van der Waals surface area contributed by atoms with E-state index in [0.29, 0.717) is 11.4 Å². The maximum absolute atomic E-state index is 13.9. The second-order valence-corrected chi connectivity index (χ2v) is 10.2. The predicted molar refractivity (Wildman–Crippen MR) is 117 cm³/mol. The molecule has 0 aliphatic carbocycles. The quantitative estimate of drug-likeness (QED) is 0.563. The maximum Gasteiger partial charge on any atom is 0.264 e. The van der Waals surface area contributed by atoms with E-state index in [9.17, 15) is 8.42 Å². The number of hydrogen-bond acceptors (Lipinski definition) is 3. The summed E-state index contributed by atoms with van der Waals surface area (Å²) in [7, 11) is -2.23. The topological polar surface area (TPSA) is 46.6 Å². The first-order valence-electron chi connectivity index (χ1n) is 9.62. The predicted octanol–water partition coefficient (Wildman–Crippen LogP) is 5.66. The molecule has 0 unspecified atom stereocenters. The van der Waals surface area contributed by atoms with Crippen molar-refractivity contribution in [2.24, 2.45) is 5.41 Å². The number of fused-ring (bicyclic) bond motifs is 3. The number of ether oxygens (including phenoxy) is 1. The highest BCUT2D eigenvalue weighted by atomic mass is 32.2. The van der Waals surface area contributed by atoms with Gasteiger partial charge in [0, 0.05) is 5.56 Å². The molecule has 0 N–H and O–H groups in total. The lowest BCUT2D eigenvalue weighted by Gasteiger charge is -2.45. The second-order valence-electron chi connectivity index (χ2n) is 8.35. The number of benzene rings is 3. The zero-order valence-electron chi connectivity index (χ0n) is 17.1. The fourth-order valence-corrected chi connectivity index (χ4v) is 5.92. The Bertz CT molecular complexity index is 1150. The molecule has 1 heterocycles. The molecule has 1 atom stereocenters. The summed E-state index contributed by atoms with van der Waals surface area (Å²) >= 11 is 0. The Morgan fingerprint density at radius 2 is 1.41 bits per heavy atom. The fraction of sp³-hybridized carbons (Fsp3) is 0.250. The normalized spacial score (nSPS) is 16.1. The summed E-state index contributed by atoms with van der Waals surface area (Å²) in [6.07, 6.45) is 0. The van der Waals surface area contributed by atoms with Crippen LogP contribution in [-0.2, 0) is 10.0 Å². The smallest absolute Gasteiger partial charge is 0.264 e. The van der Waals surface area contributed by atoms with E-state index in [1.807, 2.05) is 42.5 Å². The summed E-state index contributed by atoms with van der Waals surface area (Å²) in [5, 5.41) is 0. The molecular formula is C24H25NO3S. The van der Waals surface area contributed by atoms with Crippen LogP contribution in [-0.4, -0.2) is 15.5 Å². The molecular weight excluding hydrogens is 382 g/mol. The molecule has 3 aromatic rings. The number of rotatable bonds is 3. The van der Waals surface area contributed by atoms with Crippen LogP contribution in [0.5, 0.6) is 5.75 Å². The number of sulfonamides is 1. The van der Waals surface area contributed by atoms with Crippen molar-refractivity contribution >= 4 is 15.7 Å². The van der Waals surface area contributed by atoms with Crippen molar-refractivity contribution in [3.05, 3.63) is 78.4 Å². The van der Waals surface area contributed by atoms with Gasteiger partial charge in [-0.25, -0.2) is 8.42 Å². The van der Waals surface area contributed by atoms with Crippen LogP contribution in [0.1, 0.15) is 32.4 Å². The van der Waals surface area contributed by atoms with Gasteiger partial charge in [-0.15, -0.1) is 0 Å². The Hall–Kier alpha value is -2.79. The minimum absolute atomic E-state index is 0.252. The van der Waals surface area contributed by atoms with Crippen LogP contribution in [0.15, 0.2) is 77.7 Å². The minimum atomic E-state index is -3.80. The largest absolute Gasteiger partial charge is 0.497 e. The molecule has 1 aliphatic heterocycles. The highest BCUT2D eigenvalue weighted by Gasteiger charge is 2.44.